The van der Waals surface area contributed by atoms with Gasteiger partial charge in [-0.3, -0.25) is 0 Å². The molecule has 1 aliphatic heterocycles. The van der Waals surface area contributed by atoms with Gasteiger partial charge in [-0.05, 0) is 12.1 Å². The molecule has 18 heavy (non-hydrogen) atoms. The molecular formula is C12H13FO5. The number of carbonyl (C=O) groups is 1. The van der Waals surface area contributed by atoms with Gasteiger partial charge in [0.05, 0.1) is 12.2 Å². The Morgan fingerprint density at radius 1 is 1.39 bits per heavy atom. The number of benzene rings is 1. The van der Waals surface area contributed by atoms with E-state index in [-0.39, 0.29) is 5.56 Å². The minimum absolute atomic E-state index is 0.266. The van der Waals surface area contributed by atoms with E-state index in [2.05, 4.69) is 0 Å². The zero-order chi connectivity index (χ0) is 13.1. The summed E-state index contributed by atoms with van der Waals surface area (Å²) >= 11 is 0. The molecule has 0 spiro atoms. The Kier molecular flexibility index (Phi) is 3.90. The second-order valence-electron chi connectivity index (χ2n) is 3.93. The topological polar surface area (TPSA) is 76.0 Å². The maximum absolute atomic E-state index is 13.5. The second kappa shape index (κ2) is 5.43. The van der Waals surface area contributed by atoms with Gasteiger partial charge in [-0.2, -0.15) is 0 Å². The van der Waals surface area contributed by atoms with Gasteiger partial charge in [-0.15, -0.1) is 0 Å². The molecule has 1 saturated heterocycles. The third kappa shape index (κ3) is 2.50. The number of rotatable bonds is 3. The van der Waals surface area contributed by atoms with Crippen LogP contribution < -0.4 is 0 Å². The molecule has 98 valence electrons. The van der Waals surface area contributed by atoms with Crippen LogP contribution in [0.25, 0.3) is 0 Å². The summed E-state index contributed by atoms with van der Waals surface area (Å²) in [4.78, 5) is 11.7. The Labute approximate surface area is 103 Å². The Hall–Kier alpha value is -1.50. The number of ether oxygens (including phenoxy) is 2. The van der Waals surface area contributed by atoms with E-state index in [0.717, 1.165) is 0 Å². The highest BCUT2D eigenvalue weighted by molar-refractivity contribution is 5.89. The van der Waals surface area contributed by atoms with E-state index in [1.54, 1.807) is 18.2 Å². The minimum atomic E-state index is -1.87. The largest absolute Gasteiger partial charge is 0.453 e. The summed E-state index contributed by atoms with van der Waals surface area (Å²) in [6, 6.07) is 8.07. The molecule has 1 aliphatic rings. The van der Waals surface area contributed by atoms with Crippen LogP contribution >= 0.6 is 0 Å². The van der Waals surface area contributed by atoms with Crippen molar-refractivity contribution in [3.8, 4) is 0 Å². The fraction of sp³-hybridized carbons (Fsp3) is 0.417. The lowest BCUT2D eigenvalue weighted by molar-refractivity contribution is -0.121. The van der Waals surface area contributed by atoms with Crippen LogP contribution in [0.1, 0.15) is 10.4 Å². The molecule has 0 aliphatic carbocycles. The van der Waals surface area contributed by atoms with Crippen LogP contribution in [-0.4, -0.2) is 47.5 Å². The summed E-state index contributed by atoms with van der Waals surface area (Å²) in [5.41, 5.74) is 0.266. The highest BCUT2D eigenvalue weighted by Crippen LogP contribution is 2.25. The Bertz CT molecular complexity index is 410. The lowest BCUT2D eigenvalue weighted by Crippen LogP contribution is -2.36. The average Bonchev–Trinajstić information content (AvgIpc) is 2.67. The molecule has 0 saturated carbocycles. The van der Waals surface area contributed by atoms with Crippen molar-refractivity contribution in [1.29, 1.82) is 0 Å². The number of esters is 1. The van der Waals surface area contributed by atoms with Gasteiger partial charge in [0, 0.05) is 0 Å². The monoisotopic (exact) mass is 256 g/mol. The van der Waals surface area contributed by atoms with E-state index in [0.29, 0.717) is 0 Å². The number of aliphatic hydroxyl groups excluding tert-OH is 2. The van der Waals surface area contributed by atoms with Crippen molar-refractivity contribution in [3.63, 3.8) is 0 Å². The van der Waals surface area contributed by atoms with Crippen LogP contribution in [0.5, 0.6) is 0 Å². The summed E-state index contributed by atoms with van der Waals surface area (Å²) in [6.45, 7) is -0.537. The van der Waals surface area contributed by atoms with Crippen LogP contribution in [-0.2, 0) is 9.47 Å². The normalized spacial score (nSPS) is 31.3. The second-order valence-corrected chi connectivity index (χ2v) is 3.93. The highest BCUT2D eigenvalue weighted by atomic mass is 19.1. The molecule has 0 aromatic heterocycles. The van der Waals surface area contributed by atoms with E-state index < -0.39 is 37.2 Å². The fourth-order valence-corrected chi connectivity index (χ4v) is 1.75. The fourth-order valence-electron chi connectivity index (χ4n) is 1.75. The summed E-state index contributed by atoms with van der Waals surface area (Å²) < 4.78 is 23.2. The van der Waals surface area contributed by atoms with Gasteiger partial charge in [-0.1, -0.05) is 18.2 Å². The van der Waals surface area contributed by atoms with Crippen LogP contribution in [0, 0.1) is 0 Å². The van der Waals surface area contributed by atoms with E-state index in [4.69, 9.17) is 19.7 Å². The summed E-state index contributed by atoms with van der Waals surface area (Å²) in [5, 5.41) is 18.1. The third-order valence-corrected chi connectivity index (χ3v) is 2.70. The molecule has 0 bridgehead atoms. The number of aliphatic hydroxyl groups is 2. The van der Waals surface area contributed by atoms with E-state index in [1.165, 1.54) is 12.1 Å². The van der Waals surface area contributed by atoms with Crippen LogP contribution in [0.15, 0.2) is 30.3 Å². The maximum Gasteiger partial charge on any atom is 0.338 e. The van der Waals surface area contributed by atoms with Crippen molar-refractivity contribution in [2.45, 2.75) is 24.7 Å². The SMILES string of the molecule is O=C(O[C@@H]1[C@@H](F)[C@H](O)O[C@@H]1CO)c1ccccc1. The van der Waals surface area contributed by atoms with Crippen molar-refractivity contribution in [1.82, 2.24) is 0 Å². The van der Waals surface area contributed by atoms with E-state index in [9.17, 15) is 9.18 Å². The van der Waals surface area contributed by atoms with Gasteiger partial charge in [0.25, 0.3) is 0 Å². The molecule has 6 heteroatoms. The van der Waals surface area contributed by atoms with Gasteiger partial charge in [0.1, 0.15) is 6.10 Å². The predicted molar refractivity (Wildman–Crippen MR) is 58.5 cm³/mol. The Balaban J connectivity index is 2.06. The molecule has 2 N–H and O–H groups in total. The lowest BCUT2D eigenvalue weighted by Gasteiger charge is -2.17. The predicted octanol–water partition coefficient (Wildman–Crippen LogP) is 0.260. The van der Waals surface area contributed by atoms with Gasteiger partial charge in [0.2, 0.25) is 0 Å². The molecule has 0 amide bonds. The van der Waals surface area contributed by atoms with E-state index in [1.807, 2.05) is 0 Å². The first-order valence-electron chi connectivity index (χ1n) is 5.48. The van der Waals surface area contributed by atoms with Gasteiger partial charge < -0.3 is 19.7 Å². The van der Waals surface area contributed by atoms with Crippen molar-refractivity contribution in [3.05, 3.63) is 35.9 Å². The molecule has 2 rings (SSSR count). The summed E-state index contributed by atoms with van der Waals surface area (Å²) in [5.74, 6) is -0.723. The van der Waals surface area contributed by atoms with Gasteiger partial charge >= 0.3 is 5.97 Å². The van der Waals surface area contributed by atoms with Crippen LogP contribution in [0.3, 0.4) is 0 Å². The molecule has 1 aromatic carbocycles. The lowest BCUT2D eigenvalue weighted by atomic mass is 10.1. The molecule has 1 aromatic rings. The van der Waals surface area contributed by atoms with Gasteiger partial charge in [0.15, 0.2) is 18.6 Å². The molecule has 0 unspecified atom stereocenters. The Morgan fingerprint density at radius 3 is 2.67 bits per heavy atom. The summed E-state index contributed by atoms with van der Waals surface area (Å²) in [6.07, 6.45) is -5.91. The third-order valence-electron chi connectivity index (χ3n) is 2.70. The van der Waals surface area contributed by atoms with Crippen molar-refractivity contribution in [2.75, 3.05) is 6.61 Å². The Morgan fingerprint density at radius 2 is 2.06 bits per heavy atom. The minimum Gasteiger partial charge on any atom is -0.453 e. The first-order valence-corrected chi connectivity index (χ1v) is 5.48. The zero-order valence-electron chi connectivity index (χ0n) is 9.40. The molecular weight excluding hydrogens is 243 g/mol. The maximum atomic E-state index is 13.5. The molecule has 5 nitrogen and oxygen atoms in total. The standard InChI is InChI=1S/C12H13FO5/c13-9-10(8(6-14)17-12(9)16)18-11(15)7-4-2-1-3-5-7/h1-5,8-10,12,14,16H,6H2/t8-,9-,10+,12-/m1/s1. The zero-order valence-corrected chi connectivity index (χ0v) is 9.40. The number of hydrogen-bond acceptors (Lipinski definition) is 5. The smallest absolute Gasteiger partial charge is 0.338 e. The van der Waals surface area contributed by atoms with Crippen molar-refractivity contribution in [2.24, 2.45) is 0 Å². The highest BCUT2D eigenvalue weighted by Gasteiger charge is 2.46. The van der Waals surface area contributed by atoms with E-state index >= 15 is 0 Å². The molecule has 0 radical (unpaired) electrons. The average molecular weight is 256 g/mol. The van der Waals surface area contributed by atoms with Crippen LogP contribution in [0.4, 0.5) is 4.39 Å². The number of halogens is 1. The number of alkyl halides is 1. The first-order chi connectivity index (χ1) is 8.63. The quantitative estimate of drug-likeness (QED) is 0.759. The van der Waals surface area contributed by atoms with Crippen molar-refractivity contribution >= 4 is 5.97 Å². The van der Waals surface area contributed by atoms with Crippen LogP contribution in [0.2, 0.25) is 0 Å². The molecule has 1 heterocycles. The summed E-state index contributed by atoms with van der Waals surface area (Å²) in [7, 11) is 0. The van der Waals surface area contributed by atoms with Gasteiger partial charge in [-0.25, -0.2) is 9.18 Å². The number of hydrogen-bond donors (Lipinski definition) is 2. The number of carbonyl (C=O) groups excluding carboxylic acids is 1. The molecule has 1 fully saturated rings. The van der Waals surface area contributed by atoms with Crippen molar-refractivity contribution < 1.29 is 28.9 Å². The first kappa shape index (κ1) is 12.9. The molecule has 4 atom stereocenters.